The third-order valence-electron chi connectivity index (χ3n) is 3.88. The van der Waals surface area contributed by atoms with Gasteiger partial charge in [0, 0.05) is 5.92 Å². The normalized spacial score (nSPS) is 36.6. The van der Waals surface area contributed by atoms with Gasteiger partial charge in [-0.2, -0.15) is 26.3 Å². The monoisotopic (exact) mass is 327 g/mol. The fourth-order valence-electron chi connectivity index (χ4n) is 3.06. The van der Waals surface area contributed by atoms with Crippen LogP contribution in [0.25, 0.3) is 0 Å². The standard InChI is InChI=1S/C10H12ClF6NO2/c11-6-4-3-5(20-2-1-19)7(6)18-8(4,9(12,13)14)10(15,16)17/h4-7,18-19H,1-3H2/t4-,5-,6-,7+/m1/s1. The first-order chi connectivity index (χ1) is 9.06. The molecule has 0 radical (unpaired) electrons. The van der Waals surface area contributed by atoms with Crippen LogP contribution in [0.5, 0.6) is 0 Å². The van der Waals surface area contributed by atoms with Crippen molar-refractivity contribution in [3.8, 4) is 0 Å². The predicted molar refractivity (Wildman–Crippen MR) is 56.3 cm³/mol. The van der Waals surface area contributed by atoms with Crippen LogP contribution in [0.4, 0.5) is 26.3 Å². The SMILES string of the molecule is OCCO[C@@H]1C[C@@H]2[C@@H](Cl)[C@H]1NC2(C(F)(F)F)C(F)(F)F. The molecule has 2 bridgehead atoms. The van der Waals surface area contributed by atoms with Crippen molar-refractivity contribution >= 4 is 11.6 Å². The van der Waals surface area contributed by atoms with E-state index in [2.05, 4.69) is 0 Å². The summed E-state index contributed by atoms with van der Waals surface area (Å²) in [5, 5.41) is 8.86. The summed E-state index contributed by atoms with van der Waals surface area (Å²) in [5.41, 5.74) is -3.99. The topological polar surface area (TPSA) is 41.5 Å². The van der Waals surface area contributed by atoms with Crippen LogP contribution in [0, 0.1) is 5.92 Å². The zero-order valence-electron chi connectivity index (χ0n) is 9.93. The van der Waals surface area contributed by atoms with Crippen molar-refractivity contribution in [3.05, 3.63) is 0 Å². The molecular weight excluding hydrogens is 316 g/mol. The van der Waals surface area contributed by atoms with Gasteiger partial charge >= 0.3 is 12.4 Å². The van der Waals surface area contributed by atoms with Crippen molar-refractivity contribution in [2.24, 2.45) is 5.92 Å². The molecule has 0 spiro atoms. The molecule has 3 nitrogen and oxygen atoms in total. The van der Waals surface area contributed by atoms with Gasteiger partial charge in [-0.1, -0.05) is 0 Å². The minimum absolute atomic E-state index is 0.162. The van der Waals surface area contributed by atoms with E-state index in [4.69, 9.17) is 21.4 Å². The molecule has 0 unspecified atom stereocenters. The zero-order valence-corrected chi connectivity index (χ0v) is 10.7. The number of aliphatic hydroxyl groups is 1. The van der Waals surface area contributed by atoms with Crippen molar-refractivity contribution in [1.29, 1.82) is 0 Å². The van der Waals surface area contributed by atoms with E-state index in [1.807, 2.05) is 0 Å². The van der Waals surface area contributed by atoms with Gasteiger partial charge in [0.1, 0.15) is 0 Å². The second kappa shape index (κ2) is 4.89. The third-order valence-corrected chi connectivity index (χ3v) is 4.46. The summed E-state index contributed by atoms with van der Waals surface area (Å²) in [7, 11) is 0. The Morgan fingerprint density at radius 3 is 2.10 bits per heavy atom. The van der Waals surface area contributed by atoms with Crippen molar-refractivity contribution in [2.45, 2.75) is 41.8 Å². The van der Waals surface area contributed by atoms with Crippen LogP contribution in [0.3, 0.4) is 0 Å². The van der Waals surface area contributed by atoms with Crippen molar-refractivity contribution < 1.29 is 36.2 Å². The Hall–Kier alpha value is -0.250. The highest BCUT2D eigenvalue weighted by atomic mass is 35.5. The van der Waals surface area contributed by atoms with Gasteiger partial charge < -0.3 is 9.84 Å². The fraction of sp³-hybridized carbons (Fsp3) is 1.00. The highest BCUT2D eigenvalue weighted by Crippen LogP contribution is 2.58. The maximum atomic E-state index is 13.0. The average Bonchev–Trinajstić information content (AvgIpc) is 2.75. The number of hydrogen-bond acceptors (Lipinski definition) is 3. The first-order valence-corrected chi connectivity index (χ1v) is 6.27. The van der Waals surface area contributed by atoms with E-state index in [9.17, 15) is 26.3 Å². The second-order valence-corrected chi connectivity index (χ2v) is 5.40. The van der Waals surface area contributed by atoms with Crippen molar-refractivity contribution in [1.82, 2.24) is 5.32 Å². The molecule has 0 amide bonds. The number of ether oxygens (including phenoxy) is 1. The average molecular weight is 328 g/mol. The van der Waals surface area contributed by atoms with E-state index in [1.54, 1.807) is 5.32 Å². The Morgan fingerprint density at radius 2 is 1.75 bits per heavy atom. The minimum Gasteiger partial charge on any atom is -0.394 e. The van der Waals surface area contributed by atoms with Gasteiger partial charge in [-0.25, -0.2) is 0 Å². The first-order valence-electron chi connectivity index (χ1n) is 5.84. The third kappa shape index (κ3) is 2.10. The molecule has 10 heteroatoms. The quantitative estimate of drug-likeness (QED) is 0.614. The Morgan fingerprint density at radius 1 is 1.20 bits per heavy atom. The summed E-state index contributed by atoms with van der Waals surface area (Å²) in [4.78, 5) is 0. The molecule has 0 aromatic carbocycles. The molecule has 0 aromatic rings. The Labute approximate surface area is 115 Å². The Kier molecular flexibility index (Phi) is 3.94. The lowest BCUT2D eigenvalue weighted by molar-refractivity contribution is -0.321. The number of hydrogen-bond donors (Lipinski definition) is 2. The summed E-state index contributed by atoms with van der Waals surface area (Å²) in [6.07, 6.45) is -12.3. The number of fused-ring (bicyclic) bond motifs is 2. The molecule has 1 saturated carbocycles. The number of nitrogens with one attached hydrogen (secondary N) is 1. The van der Waals surface area contributed by atoms with Gasteiger partial charge in [-0.05, 0) is 6.42 Å². The summed E-state index contributed by atoms with van der Waals surface area (Å²) in [6.45, 7) is -0.533. The fourth-order valence-corrected chi connectivity index (χ4v) is 3.58. The molecule has 0 aromatic heterocycles. The maximum absolute atomic E-state index is 13.0. The molecule has 1 aliphatic heterocycles. The highest BCUT2D eigenvalue weighted by Gasteiger charge is 2.81. The predicted octanol–water partition coefficient (Wildman–Crippen LogP) is 1.83. The summed E-state index contributed by atoms with van der Waals surface area (Å²) >= 11 is 5.74. The molecule has 2 aliphatic rings. The number of halogens is 7. The number of rotatable bonds is 3. The number of piperidine rings is 1. The molecule has 20 heavy (non-hydrogen) atoms. The molecular formula is C10H12ClF6NO2. The Balaban J connectivity index is 2.29. The van der Waals surface area contributed by atoms with Crippen LogP contribution < -0.4 is 5.32 Å². The molecule has 2 N–H and O–H groups in total. The lowest BCUT2D eigenvalue weighted by Crippen LogP contribution is -2.70. The van der Waals surface area contributed by atoms with Crippen LogP contribution in [-0.2, 0) is 4.74 Å². The van der Waals surface area contributed by atoms with Gasteiger partial charge in [-0.15, -0.1) is 11.6 Å². The largest absolute Gasteiger partial charge is 0.415 e. The van der Waals surface area contributed by atoms with Crippen LogP contribution in [0.1, 0.15) is 6.42 Å². The van der Waals surface area contributed by atoms with E-state index in [0.29, 0.717) is 0 Å². The summed E-state index contributed by atoms with van der Waals surface area (Å²) in [6, 6.07) is -1.25. The van der Waals surface area contributed by atoms with Gasteiger partial charge in [0.15, 0.2) is 0 Å². The van der Waals surface area contributed by atoms with E-state index >= 15 is 0 Å². The molecule has 118 valence electrons. The molecule has 1 aliphatic carbocycles. The lowest BCUT2D eigenvalue weighted by Gasteiger charge is -2.42. The maximum Gasteiger partial charge on any atom is 0.415 e. The van der Waals surface area contributed by atoms with Crippen LogP contribution in [-0.4, -0.2) is 53.7 Å². The van der Waals surface area contributed by atoms with E-state index in [1.165, 1.54) is 0 Å². The van der Waals surface area contributed by atoms with Crippen LogP contribution in [0.2, 0.25) is 0 Å². The van der Waals surface area contributed by atoms with Crippen LogP contribution in [0.15, 0.2) is 0 Å². The molecule has 4 atom stereocenters. The van der Waals surface area contributed by atoms with Crippen molar-refractivity contribution in [3.63, 3.8) is 0 Å². The highest BCUT2D eigenvalue weighted by molar-refractivity contribution is 6.22. The molecule has 2 fully saturated rings. The van der Waals surface area contributed by atoms with E-state index in [0.717, 1.165) is 0 Å². The Bertz CT molecular complexity index is 360. The van der Waals surface area contributed by atoms with Crippen LogP contribution >= 0.6 is 11.6 Å². The molecule has 1 heterocycles. The zero-order chi connectivity index (χ0) is 15.3. The second-order valence-electron chi connectivity index (χ2n) is 4.89. The van der Waals surface area contributed by atoms with Gasteiger partial charge in [0.2, 0.25) is 5.54 Å². The molecule has 1 saturated heterocycles. The van der Waals surface area contributed by atoms with Gasteiger partial charge in [0.25, 0.3) is 0 Å². The lowest BCUT2D eigenvalue weighted by atomic mass is 9.82. The van der Waals surface area contributed by atoms with Gasteiger partial charge in [0.05, 0.1) is 30.7 Å². The summed E-state index contributed by atoms with van der Waals surface area (Å²) in [5.74, 6) is -1.85. The summed E-state index contributed by atoms with van der Waals surface area (Å²) < 4.78 is 83.0. The first kappa shape index (κ1) is 16.1. The minimum atomic E-state index is -5.50. The van der Waals surface area contributed by atoms with Crippen molar-refractivity contribution in [2.75, 3.05) is 13.2 Å². The van der Waals surface area contributed by atoms with E-state index in [-0.39, 0.29) is 13.2 Å². The van der Waals surface area contributed by atoms with Gasteiger partial charge in [-0.3, -0.25) is 5.32 Å². The molecule has 2 rings (SSSR count). The number of aliphatic hydroxyl groups excluding tert-OH is 1. The number of alkyl halides is 7. The smallest absolute Gasteiger partial charge is 0.394 e. The van der Waals surface area contributed by atoms with E-state index < -0.39 is 47.8 Å².